The predicted molar refractivity (Wildman–Crippen MR) is 41.7 cm³/mol. The molecule has 0 saturated heterocycles. The van der Waals surface area contributed by atoms with Crippen LogP contribution in [-0.4, -0.2) is 6.18 Å². The highest BCUT2D eigenvalue weighted by Gasteiger charge is 2.42. The number of allylic oxidation sites excluding steroid dienone is 1. The standard InChI is InChI=1S/C9H13F3/c1-6-3-4-8(7(2)5-6)9(10,11)12/h6,8H,2-5H2,1H3. The molecular weight excluding hydrogens is 165 g/mol. The molecule has 0 nitrogen and oxygen atoms in total. The molecule has 0 amide bonds. The normalized spacial score (nSPS) is 32.2. The van der Waals surface area contributed by atoms with E-state index in [-0.39, 0.29) is 6.42 Å². The summed E-state index contributed by atoms with van der Waals surface area (Å²) in [5.41, 5.74) is 0.362. The summed E-state index contributed by atoms with van der Waals surface area (Å²) < 4.78 is 36.8. The molecule has 0 spiro atoms. The molecule has 0 aromatic heterocycles. The Morgan fingerprint density at radius 3 is 2.33 bits per heavy atom. The van der Waals surface area contributed by atoms with Crippen molar-refractivity contribution < 1.29 is 13.2 Å². The Morgan fingerprint density at radius 2 is 1.92 bits per heavy atom. The van der Waals surface area contributed by atoms with Gasteiger partial charge in [-0.05, 0) is 25.2 Å². The third-order valence-electron chi connectivity index (χ3n) is 2.45. The van der Waals surface area contributed by atoms with Gasteiger partial charge in [-0.1, -0.05) is 19.1 Å². The molecule has 70 valence electrons. The molecule has 0 radical (unpaired) electrons. The van der Waals surface area contributed by atoms with Gasteiger partial charge in [0.2, 0.25) is 0 Å². The van der Waals surface area contributed by atoms with Crippen molar-refractivity contribution >= 4 is 0 Å². The molecule has 0 bridgehead atoms. The summed E-state index contributed by atoms with van der Waals surface area (Å²) in [5.74, 6) is -0.871. The molecule has 0 heterocycles. The van der Waals surface area contributed by atoms with E-state index in [1.165, 1.54) is 0 Å². The first kappa shape index (κ1) is 9.62. The van der Waals surface area contributed by atoms with Gasteiger partial charge in [0.25, 0.3) is 0 Å². The first-order chi connectivity index (χ1) is 5.41. The topological polar surface area (TPSA) is 0 Å². The first-order valence-corrected chi connectivity index (χ1v) is 4.15. The molecule has 1 rings (SSSR count). The third kappa shape index (κ3) is 2.02. The van der Waals surface area contributed by atoms with Gasteiger partial charge in [-0.3, -0.25) is 0 Å². The van der Waals surface area contributed by atoms with E-state index < -0.39 is 12.1 Å². The Balaban J connectivity index is 2.63. The van der Waals surface area contributed by atoms with Gasteiger partial charge in [-0.25, -0.2) is 0 Å². The van der Waals surface area contributed by atoms with E-state index in [4.69, 9.17) is 0 Å². The summed E-state index contributed by atoms with van der Waals surface area (Å²) in [6.45, 7) is 5.46. The molecule has 0 N–H and O–H groups in total. The Hall–Kier alpha value is -0.470. The number of hydrogen-bond acceptors (Lipinski definition) is 0. The molecule has 0 aliphatic heterocycles. The zero-order valence-electron chi connectivity index (χ0n) is 7.12. The van der Waals surface area contributed by atoms with Gasteiger partial charge >= 0.3 is 6.18 Å². The van der Waals surface area contributed by atoms with Crippen molar-refractivity contribution in [1.29, 1.82) is 0 Å². The number of alkyl halides is 3. The number of halogens is 3. The fraction of sp³-hybridized carbons (Fsp3) is 0.778. The summed E-state index contributed by atoms with van der Waals surface area (Å²) in [4.78, 5) is 0. The molecule has 0 aromatic rings. The van der Waals surface area contributed by atoms with Crippen molar-refractivity contribution in [2.24, 2.45) is 11.8 Å². The molecular formula is C9H13F3. The highest BCUT2D eigenvalue weighted by Crippen LogP contribution is 2.41. The van der Waals surface area contributed by atoms with Gasteiger partial charge < -0.3 is 0 Å². The van der Waals surface area contributed by atoms with Crippen LogP contribution in [0.1, 0.15) is 26.2 Å². The van der Waals surface area contributed by atoms with E-state index in [9.17, 15) is 13.2 Å². The van der Waals surface area contributed by atoms with E-state index in [2.05, 4.69) is 6.58 Å². The maximum atomic E-state index is 12.3. The first-order valence-electron chi connectivity index (χ1n) is 4.15. The zero-order valence-corrected chi connectivity index (χ0v) is 7.12. The maximum absolute atomic E-state index is 12.3. The summed E-state index contributed by atoms with van der Waals surface area (Å²) in [6.07, 6.45) is -2.64. The van der Waals surface area contributed by atoms with Crippen molar-refractivity contribution in [3.8, 4) is 0 Å². The minimum absolute atomic E-state index is 0.226. The van der Waals surface area contributed by atoms with Crippen LogP contribution in [0.5, 0.6) is 0 Å². The molecule has 3 heteroatoms. The van der Waals surface area contributed by atoms with E-state index >= 15 is 0 Å². The maximum Gasteiger partial charge on any atom is 0.395 e. The second-order valence-electron chi connectivity index (χ2n) is 3.64. The average molecular weight is 178 g/mol. The smallest absolute Gasteiger partial charge is 0.170 e. The lowest BCUT2D eigenvalue weighted by Crippen LogP contribution is -2.28. The summed E-state index contributed by atoms with van der Waals surface area (Å²) >= 11 is 0. The van der Waals surface area contributed by atoms with Crippen LogP contribution >= 0.6 is 0 Å². The molecule has 2 atom stereocenters. The van der Waals surface area contributed by atoms with Gasteiger partial charge in [-0.2, -0.15) is 13.2 Å². The summed E-state index contributed by atoms with van der Waals surface area (Å²) in [6, 6.07) is 0. The quantitative estimate of drug-likeness (QED) is 0.498. The Morgan fingerprint density at radius 1 is 1.33 bits per heavy atom. The van der Waals surface area contributed by atoms with Crippen LogP contribution in [0.4, 0.5) is 13.2 Å². The van der Waals surface area contributed by atoms with Crippen LogP contribution in [0.15, 0.2) is 12.2 Å². The van der Waals surface area contributed by atoms with Crippen LogP contribution in [0.3, 0.4) is 0 Å². The van der Waals surface area contributed by atoms with Crippen molar-refractivity contribution in [1.82, 2.24) is 0 Å². The molecule has 1 fully saturated rings. The van der Waals surface area contributed by atoms with E-state index in [1.807, 2.05) is 6.92 Å². The van der Waals surface area contributed by atoms with E-state index in [0.717, 1.165) is 0 Å². The molecule has 2 unspecified atom stereocenters. The van der Waals surface area contributed by atoms with Crippen molar-refractivity contribution in [2.45, 2.75) is 32.4 Å². The second kappa shape index (κ2) is 3.11. The van der Waals surface area contributed by atoms with Gasteiger partial charge in [0.05, 0.1) is 5.92 Å². The number of rotatable bonds is 0. The highest BCUT2D eigenvalue weighted by molar-refractivity contribution is 5.07. The van der Waals surface area contributed by atoms with Crippen LogP contribution in [0.25, 0.3) is 0 Å². The fourth-order valence-corrected chi connectivity index (χ4v) is 1.74. The average Bonchev–Trinajstić information content (AvgIpc) is 1.83. The SMILES string of the molecule is C=C1CC(C)CCC1C(F)(F)F. The highest BCUT2D eigenvalue weighted by atomic mass is 19.4. The molecule has 1 aliphatic rings. The van der Waals surface area contributed by atoms with Crippen LogP contribution in [0.2, 0.25) is 0 Å². The van der Waals surface area contributed by atoms with Crippen LogP contribution in [-0.2, 0) is 0 Å². The van der Waals surface area contributed by atoms with Crippen molar-refractivity contribution in [2.75, 3.05) is 0 Å². The molecule has 1 aliphatic carbocycles. The monoisotopic (exact) mass is 178 g/mol. The zero-order chi connectivity index (χ0) is 9.35. The van der Waals surface area contributed by atoms with Gasteiger partial charge in [0.1, 0.15) is 0 Å². The predicted octanol–water partition coefficient (Wildman–Crippen LogP) is 3.54. The van der Waals surface area contributed by atoms with Gasteiger partial charge in [0.15, 0.2) is 0 Å². The van der Waals surface area contributed by atoms with E-state index in [0.29, 0.717) is 24.3 Å². The van der Waals surface area contributed by atoms with Crippen LogP contribution in [0, 0.1) is 11.8 Å². The lowest BCUT2D eigenvalue weighted by molar-refractivity contribution is -0.169. The Kier molecular flexibility index (Phi) is 2.49. The van der Waals surface area contributed by atoms with E-state index in [1.54, 1.807) is 0 Å². The lowest BCUT2D eigenvalue weighted by Gasteiger charge is -2.30. The minimum Gasteiger partial charge on any atom is -0.170 e. The Labute approximate surface area is 70.5 Å². The summed E-state index contributed by atoms with van der Waals surface area (Å²) in [7, 11) is 0. The van der Waals surface area contributed by atoms with Crippen LogP contribution < -0.4 is 0 Å². The van der Waals surface area contributed by atoms with Gasteiger partial charge in [-0.15, -0.1) is 0 Å². The molecule has 12 heavy (non-hydrogen) atoms. The van der Waals surface area contributed by atoms with Gasteiger partial charge in [0, 0.05) is 0 Å². The minimum atomic E-state index is -4.07. The second-order valence-corrected chi connectivity index (χ2v) is 3.64. The molecule has 1 saturated carbocycles. The third-order valence-corrected chi connectivity index (χ3v) is 2.45. The number of hydrogen-bond donors (Lipinski definition) is 0. The lowest BCUT2D eigenvalue weighted by atomic mass is 9.79. The fourth-order valence-electron chi connectivity index (χ4n) is 1.74. The van der Waals surface area contributed by atoms with Crippen molar-refractivity contribution in [3.63, 3.8) is 0 Å². The molecule has 0 aromatic carbocycles. The summed E-state index contributed by atoms with van der Waals surface area (Å²) in [5, 5.41) is 0. The Bertz CT molecular complexity index is 181. The van der Waals surface area contributed by atoms with Crippen molar-refractivity contribution in [3.05, 3.63) is 12.2 Å². The largest absolute Gasteiger partial charge is 0.395 e.